The van der Waals surface area contributed by atoms with E-state index in [-0.39, 0.29) is 0 Å². The number of nitrogens with two attached hydrogens (primary N) is 1. The quantitative estimate of drug-likeness (QED) is 0.772. The predicted octanol–water partition coefficient (Wildman–Crippen LogP) is 0.547. The van der Waals surface area contributed by atoms with Crippen LogP contribution in [0.25, 0.3) is 0 Å². The fourth-order valence-electron chi connectivity index (χ4n) is 1.99. The van der Waals surface area contributed by atoms with Crippen molar-refractivity contribution in [3.63, 3.8) is 0 Å². The zero-order valence-electron chi connectivity index (χ0n) is 9.31. The Bertz CT molecular complexity index is 325. The lowest BCUT2D eigenvalue weighted by molar-refractivity contribution is 0.145. The summed E-state index contributed by atoms with van der Waals surface area (Å²) in [6.07, 6.45) is 1.05. The zero-order chi connectivity index (χ0) is 10.8. The minimum Gasteiger partial charge on any atom is -0.424 e. The second-order valence-corrected chi connectivity index (χ2v) is 4.38. The smallest absolute Gasteiger partial charge is 0.230 e. The van der Waals surface area contributed by atoms with E-state index in [4.69, 9.17) is 10.2 Å². The Morgan fingerprint density at radius 1 is 1.53 bits per heavy atom. The van der Waals surface area contributed by atoms with E-state index in [1.54, 1.807) is 0 Å². The van der Waals surface area contributed by atoms with E-state index in [9.17, 15) is 0 Å². The average molecular weight is 210 g/mol. The first-order chi connectivity index (χ1) is 7.15. The largest absolute Gasteiger partial charge is 0.424 e. The van der Waals surface area contributed by atoms with Gasteiger partial charge in [-0.2, -0.15) is 0 Å². The van der Waals surface area contributed by atoms with Crippen molar-refractivity contribution in [2.24, 2.45) is 11.7 Å². The van der Waals surface area contributed by atoms with Crippen molar-refractivity contribution in [3.05, 3.63) is 11.8 Å². The first-order valence-electron chi connectivity index (χ1n) is 5.42. The number of hydrogen-bond acceptors (Lipinski definition) is 5. The lowest BCUT2D eigenvalue weighted by Gasteiger charge is -2.34. The molecule has 0 aromatic carbocycles. The van der Waals surface area contributed by atoms with Gasteiger partial charge in [0.1, 0.15) is 0 Å². The summed E-state index contributed by atoms with van der Waals surface area (Å²) in [5, 5.41) is 7.81. The highest BCUT2D eigenvalue weighted by atomic mass is 16.4. The van der Waals surface area contributed by atoms with Gasteiger partial charge in [-0.1, -0.05) is 6.92 Å². The van der Waals surface area contributed by atoms with Gasteiger partial charge in [0, 0.05) is 26.1 Å². The molecule has 1 fully saturated rings. The normalized spacial score (nSPS) is 28.2. The first kappa shape index (κ1) is 10.6. The van der Waals surface area contributed by atoms with Gasteiger partial charge in [0.15, 0.2) is 0 Å². The number of rotatable bonds is 2. The van der Waals surface area contributed by atoms with E-state index in [2.05, 4.69) is 22.0 Å². The maximum Gasteiger partial charge on any atom is 0.230 e. The van der Waals surface area contributed by atoms with Crippen LogP contribution in [0.4, 0.5) is 0 Å². The van der Waals surface area contributed by atoms with Crippen LogP contribution in [0.15, 0.2) is 4.42 Å². The Morgan fingerprint density at radius 2 is 2.33 bits per heavy atom. The Morgan fingerprint density at radius 3 is 2.93 bits per heavy atom. The van der Waals surface area contributed by atoms with Crippen LogP contribution in [0.2, 0.25) is 0 Å². The van der Waals surface area contributed by atoms with E-state index in [0.717, 1.165) is 26.1 Å². The summed E-state index contributed by atoms with van der Waals surface area (Å²) in [5.74, 6) is 1.88. The molecule has 2 unspecified atom stereocenters. The highest BCUT2D eigenvalue weighted by Gasteiger charge is 2.23. The summed E-state index contributed by atoms with van der Waals surface area (Å²) in [4.78, 5) is 2.32. The summed E-state index contributed by atoms with van der Waals surface area (Å²) in [6, 6.07) is 0.339. The van der Waals surface area contributed by atoms with Crippen molar-refractivity contribution < 1.29 is 4.42 Å². The molecule has 1 aliphatic rings. The third-order valence-corrected chi connectivity index (χ3v) is 2.98. The van der Waals surface area contributed by atoms with Crippen molar-refractivity contribution in [1.29, 1.82) is 0 Å². The Hall–Kier alpha value is -0.940. The molecule has 0 spiro atoms. The number of likely N-dealkylation sites (tertiary alicyclic amines) is 1. The second-order valence-electron chi connectivity index (χ2n) is 4.38. The molecule has 0 bridgehead atoms. The number of nitrogens with zero attached hydrogens (tertiary/aromatic N) is 3. The second kappa shape index (κ2) is 4.28. The molecule has 84 valence electrons. The number of aromatic nitrogens is 2. The molecule has 2 N–H and O–H groups in total. The third-order valence-electron chi connectivity index (χ3n) is 2.98. The molecule has 2 atom stereocenters. The first-order valence-corrected chi connectivity index (χ1v) is 5.42. The van der Waals surface area contributed by atoms with Crippen LogP contribution >= 0.6 is 0 Å². The Kier molecular flexibility index (Phi) is 3.02. The minimum atomic E-state index is 0.339. The number of piperidine rings is 1. The van der Waals surface area contributed by atoms with Gasteiger partial charge in [0.2, 0.25) is 11.8 Å². The highest BCUT2D eigenvalue weighted by molar-refractivity contribution is 4.84. The van der Waals surface area contributed by atoms with Crippen LogP contribution in [0.3, 0.4) is 0 Å². The summed E-state index contributed by atoms with van der Waals surface area (Å²) in [7, 11) is 0. The topological polar surface area (TPSA) is 68.2 Å². The summed E-state index contributed by atoms with van der Waals surface area (Å²) in [6.45, 7) is 6.79. The average Bonchev–Trinajstić information content (AvgIpc) is 2.58. The monoisotopic (exact) mass is 210 g/mol. The van der Waals surface area contributed by atoms with Crippen LogP contribution in [-0.2, 0) is 6.54 Å². The van der Waals surface area contributed by atoms with Gasteiger partial charge >= 0.3 is 0 Å². The van der Waals surface area contributed by atoms with Crippen molar-refractivity contribution in [2.45, 2.75) is 32.9 Å². The molecule has 15 heavy (non-hydrogen) atoms. The SMILES string of the molecule is Cc1nnc(CN2CCC(N)C(C)C2)o1. The standard InChI is InChI=1S/C10H18N4O/c1-7-5-14(4-3-9(7)11)6-10-13-12-8(2)15-10/h7,9H,3-6,11H2,1-2H3. The number of hydrogen-bond donors (Lipinski definition) is 1. The molecule has 0 amide bonds. The third kappa shape index (κ3) is 2.54. The molecule has 1 aromatic heterocycles. The highest BCUT2D eigenvalue weighted by Crippen LogP contribution is 2.16. The molecule has 2 rings (SSSR count). The van der Waals surface area contributed by atoms with Gasteiger partial charge in [0.05, 0.1) is 6.54 Å². The van der Waals surface area contributed by atoms with Crippen LogP contribution in [-0.4, -0.2) is 34.2 Å². The van der Waals surface area contributed by atoms with Gasteiger partial charge in [-0.3, -0.25) is 4.90 Å². The van der Waals surface area contributed by atoms with Gasteiger partial charge in [0.25, 0.3) is 0 Å². The molecule has 2 heterocycles. The minimum absolute atomic E-state index is 0.339. The van der Waals surface area contributed by atoms with Crippen molar-refractivity contribution in [2.75, 3.05) is 13.1 Å². The lowest BCUT2D eigenvalue weighted by Crippen LogP contribution is -2.45. The van der Waals surface area contributed by atoms with Gasteiger partial charge < -0.3 is 10.2 Å². The summed E-state index contributed by atoms with van der Waals surface area (Å²) in [5.41, 5.74) is 5.96. The molecule has 1 saturated heterocycles. The van der Waals surface area contributed by atoms with Crippen LogP contribution in [0, 0.1) is 12.8 Å². The lowest BCUT2D eigenvalue weighted by atomic mass is 9.95. The fourth-order valence-corrected chi connectivity index (χ4v) is 1.99. The number of aryl methyl sites for hydroxylation is 1. The Labute approximate surface area is 89.6 Å². The van der Waals surface area contributed by atoms with Gasteiger partial charge in [-0.05, 0) is 12.3 Å². The molecule has 0 saturated carbocycles. The van der Waals surface area contributed by atoms with E-state index < -0.39 is 0 Å². The van der Waals surface area contributed by atoms with Gasteiger partial charge in [-0.15, -0.1) is 10.2 Å². The predicted molar refractivity (Wildman–Crippen MR) is 56.1 cm³/mol. The summed E-state index contributed by atoms with van der Waals surface area (Å²) >= 11 is 0. The maximum atomic E-state index is 5.96. The van der Waals surface area contributed by atoms with E-state index in [1.807, 2.05) is 6.92 Å². The molecular formula is C10H18N4O. The van der Waals surface area contributed by atoms with Gasteiger partial charge in [-0.25, -0.2) is 0 Å². The van der Waals surface area contributed by atoms with Crippen LogP contribution < -0.4 is 5.73 Å². The molecule has 1 aliphatic heterocycles. The van der Waals surface area contributed by atoms with Crippen molar-refractivity contribution in [1.82, 2.24) is 15.1 Å². The van der Waals surface area contributed by atoms with Crippen molar-refractivity contribution in [3.8, 4) is 0 Å². The molecule has 5 nitrogen and oxygen atoms in total. The molecule has 0 radical (unpaired) electrons. The fraction of sp³-hybridized carbons (Fsp3) is 0.800. The summed E-state index contributed by atoms with van der Waals surface area (Å²) < 4.78 is 5.35. The van der Waals surface area contributed by atoms with Crippen LogP contribution in [0.5, 0.6) is 0 Å². The van der Waals surface area contributed by atoms with E-state index in [0.29, 0.717) is 23.7 Å². The molecule has 0 aliphatic carbocycles. The maximum absolute atomic E-state index is 5.96. The zero-order valence-corrected chi connectivity index (χ0v) is 9.31. The Balaban J connectivity index is 1.90. The van der Waals surface area contributed by atoms with Crippen LogP contribution in [0.1, 0.15) is 25.1 Å². The van der Waals surface area contributed by atoms with Crippen molar-refractivity contribution >= 4 is 0 Å². The van der Waals surface area contributed by atoms with E-state index >= 15 is 0 Å². The van der Waals surface area contributed by atoms with E-state index in [1.165, 1.54) is 0 Å². The molecule has 1 aromatic rings. The molecular weight excluding hydrogens is 192 g/mol. The molecule has 5 heteroatoms.